The molecule has 0 radical (unpaired) electrons. The summed E-state index contributed by atoms with van der Waals surface area (Å²) in [6, 6.07) is 34.2. The van der Waals surface area contributed by atoms with Crippen molar-refractivity contribution in [1.82, 2.24) is 14.9 Å². The van der Waals surface area contributed by atoms with Crippen LogP contribution in [0.2, 0.25) is 0 Å². The lowest BCUT2D eigenvalue weighted by atomic mass is 9.86. The standard InChI is InChI=1S/C41H46N4O/c1-39(2,3)27-20-21-43-38(24-27)45-36-17-13-10-14-32(36)33-19-18-30(26-37(33)45)46-31-23-28(40(4,5)6)22-29(25-31)44-35-16-12-11-15-34(35)41(7,8)42-9/h10-26,42,44H,1-9H3. The van der Waals surface area contributed by atoms with Crippen LogP contribution in [0.3, 0.4) is 0 Å². The summed E-state index contributed by atoms with van der Waals surface area (Å²) in [6.07, 6.45) is 1.92. The highest BCUT2D eigenvalue weighted by Crippen LogP contribution is 2.38. The molecule has 0 unspecified atom stereocenters. The van der Waals surface area contributed by atoms with E-state index in [-0.39, 0.29) is 16.4 Å². The number of benzene rings is 4. The van der Waals surface area contributed by atoms with Crippen LogP contribution in [0.15, 0.2) is 103 Å². The van der Waals surface area contributed by atoms with E-state index in [1.807, 2.05) is 13.2 Å². The molecule has 2 aromatic heterocycles. The predicted molar refractivity (Wildman–Crippen MR) is 194 cm³/mol. The monoisotopic (exact) mass is 610 g/mol. The highest BCUT2D eigenvalue weighted by molar-refractivity contribution is 6.09. The first-order valence-electron chi connectivity index (χ1n) is 16.1. The van der Waals surface area contributed by atoms with Crippen LogP contribution < -0.4 is 15.4 Å². The van der Waals surface area contributed by atoms with Crippen molar-refractivity contribution < 1.29 is 4.74 Å². The number of aromatic nitrogens is 2. The van der Waals surface area contributed by atoms with E-state index in [4.69, 9.17) is 9.72 Å². The third-order valence-electron chi connectivity index (χ3n) is 9.00. The first-order chi connectivity index (χ1) is 21.7. The molecule has 5 nitrogen and oxygen atoms in total. The van der Waals surface area contributed by atoms with Gasteiger partial charge in [-0.1, -0.05) is 77.9 Å². The highest BCUT2D eigenvalue weighted by atomic mass is 16.5. The zero-order valence-corrected chi connectivity index (χ0v) is 28.6. The Bertz CT molecular complexity index is 2040. The molecule has 0 amide bonds. The molecule has 2 N–H and O–H groups in total. The molecule has 0 saturated carbocycles. The summed E-state index contributed by atoms with van der Waals surface area (Å²) in [5.41, 5.74) is 7.62. The molecule has 2 heterocycles. The van der Waals surface area contributed by atoms with E-state index >= 15 is 0 Å². The van der Waals surface area contributed by atoms with Gasteiger partial charge in [0.25, 0.3) is 0 Å². The van der Waals surface area contributed by atoms with Gasteiger partial charge in [0.2, 0.25) is 0 Å². The Balaban J connectivity index is 1.44. The SMILES string of the molecule is CNC(C)(C)c1ccccc1Nc1cc(Oc2ccc3c4ccccc4n(-c4cc(C(C)(C)C)ccn4)c3c2)cc(C(C)(C)C)c1. The van der Waals surface area contributed by atoms with Gasteiger partial charge in [0.05, 0.1) is 11.0 Å². The van der Waals surface area contributed by atoms with Gasteiger partial charge in [-0.15, -0.1) is 0 Å². The van der Waals surface area contributed by atoms with Crippen LogP contribution in [-0.4, -0.2) is 16.6 Å². The second-order valence-corrected chi connectivity index (χ2v) is 14.8. The quantitative estimate of drug-likeness (QED) is 0.189. The molecular formula is C41H46N4O. The molecule has 0 aliphatic heterocycles. The average Bonchev–Trinajstić information content (AvgIpc) is 3.34. The number of pyridine rings is 1. The second kappa shape index (κ2) is 11.6. The Kier molecular flexibility index (Phi) is 7.94. The number of nitrogens with one attached hydrogen (secondary N) is 2. The van der Waals surface area contributed by atoms with Gasteiger partial charge in [-0.3, -0.25) is 4.57 Å². The Hall–Kier alpha value is -4.61. The summed E-state index contributed by atoms with van der Waals surface area (Å²) in [7, 11) is 2.00. The fourth-order valence-corrected chi connectivity index (χ4v) is 5.99. The minimum absolute atomic E-state index is 0.0118. The number of nitrogens with zero attached hydrogens (tertiary/aromatic N) is 2. The largest absolute Gasteiger partial charge is 0.457 e. The molecule has 6 aromatic rings. The van der Waals surface area contributed by atoms with E-state index in [0.717, 1.165) is 39.7 Å². The van der Waals surface area contributed by atoms with E-state index in [0.29, 0.717) is 0 Å². The Labute approximate surface area is 273 Å². The van der Waals surface area contributed by atoms with Crippen LogP contribution in [-0.2, 0) is 16.4 Å². The maximum Gasteiger partial charge on any atom is 0.137 e. The molecule has 0 aliphatic carbocycles. The summed E-state index contributed by atoms with van der Waals surface area (Å²) >= 11 is 0. The van der Waals surface area contributed by atoms with Gasteiger partial charge < -0.3 is 15.4 Å². The average molecular weight is 611 g/mol. The molecule has 5 heteroatoms. The van der Waals surface area contributed by atoms with E-state index in [9.17, 15) is 0 Å². The number of anilines is 2. The van der Waals surface area contributed by atoms with Crippen molar-refractivity contribution in [3.8, 4) is 17.3 Å². The van der Waals surface area contributed by atoms with Gasteiger partial charge in [0.1, 0.15) is 17.3 Å². The second-order valence-electron chi connectivity index (χ2n) is 14.8. The van der Waals surface area contributed by atoms with Crippen molar-refractivity contribution in [1.29, 1.82) is 0 Å². The lowest BCUT2D eigenvalue weighted by Gasteiger charge is -2.28. The fraction of sp³-hybridized carbons (Fsp3) is 0.293. The molecule has 46 heavy (non-hydrogen) atoms. The Morgan fingerprint density at radius 1 is 0.630 bits per heavy atom. The normalized spacial score (nSPS) is 12.5. The minimum atomic E-state index is -0.195. The number of fused-ring (bicyclic) bond motifs is 3. The summed E-state index contributed by atoms with van der Waals surface area (Å²) in [5.74, 6) is 2.47. The van der Waals surface area contributed by atoms with Crippen molar-refractivity contribution in [2.24, 2.45) is 0 Å². The van der Waals surface area contributed by atoms with Crippen LogP contribution in [0.25, 0.3) is 27.6 Å². The molecule has 236 valence electrons. The Morgan fingerprint density at radius 2 is 1.33 bits per heavy atom. The molecule has 0 bridgehead atoms. The van der Waals surface area contributed by atoms with Gasteiger partial charge in [-0.25, -0.2) is 4.98 Å². The molecular weight excluding hydrogens is 564 g/mol. The van der Waals surface area contributed by atoms with Crippen LogP contribution >= 0.6 is 0 Å². The zero-order chi connectivity index (χ0) is 32.9. The molecule has 0 saturated heterocycles. The van der Waals surface area contributed by atoms with Gasteiger partial charge >= 0.3 is 0 Å². The van der Waals surface area contributed by atoms with E-state index < -0.39 is 0 Å². The molecule has 0 atom stereocenters. The van der Waals surface area contributed by atoms with Crippen molar-refractivity contribution in [2.45, 2.75) is 71.8 Å². The first kappa shape index (κ1) is 31.4. The molecule has 6 rings (SSSR count). The van der Waals surface area contributed by atoms with Crippen molar-refractivity contribution in [3.63, 3.8) is 0 Å². The first-order valence-corrected chi connectivity index (χ1v) is 16.1. The maximum absolute atomic E-state index is 6.70. The van der Waals surface area contributed by atoms with E-state index in [1.54, 1.807) is 0 Å². The molecule has 0 spiro atoms. The summed E-state index contributed by atoms with van der Waals surface area (Å²) in [5, 5.41) is 9.52. The van der Waals surface area contributed by atoms with Gasteiger partial charge in [0, 0.05) is 46.0 Å². The molecule has 4 aromatic carbocycles. The van der Waals surface area contributed by atoms with E-state index in [1.165, 1.54) is 27.5 Å². The summed E-state index contributed by atoms with van der Waals surface area (Å²) in [6.45, 7) is 17.8. The van der Waals surface area contributed by atoms with Crippen LogP contribution in [0.5, 0.6) is 11.5 Å². The van der Waals surface area contributed by atoms with Gasteiger partial charge in [-0.2, -0.15) is 0 Å². The van der Waals surface area contributed by atoms with Crippen molar-refractivity contribution >= 4 is 33.2 Å². The van der Waals surface area contributed by atoms with Crippen LogP contribution in [0.4, 0.5) is 11.4 Å². The number of hydrogen-bond donors (Lipinski definition) is 2. The van der Waals surface area contributed by atoms with Crippen molar-refractivity contribution in [2.75, 3.05) is 12.4 Å². The zero-order valence-electron chi connectivity index (χ0n) is 28.6. The van der Waals surface area contributed by atoms with E-state index in [2.05, 4.69) is 168 Å². The van der Waals surface area contributed by atoms with Gasteiger partial charge in [0.15, 0.2) is 0 Å². The third kappa shape index (κ3) is 6.12. The molecule has 0 aliphatic rings. The maximum atomic E-state index is 6.70. The third-order valence-corrected chi connectivity index (χ3v) is 9.00. The summed E-state index contributed by atoms with van der Waals surface area (Å²) in [4.78, 5) is 4.84. The molecule has 0 fully saturated rings. The lowest BCUT2D eigenvalue weighted by molar-refractivity contribution is 0.446. The predicted octanol–water partition coefficient (Wildman–Crippen LogP) is 10.8. The highest BCUT2D eigenvalue weighted by Gasteiger charge is 2.23. The van der Waals surface area contributed by atoms with Crippen molar-refractivity contribution in [3.05, 3.63) is 120 Å². The fourth-order valence-electron chi connectivity index (χ4n) is 5.99. The number of hydrogen-bond acceptors (Lipinski definition) is 4. The number of rotatable bonds is 7. The van der Waals surface area contributed by atoms with Crippen LogP contribution in [0.1, 0.15) is 72.1 Å². The summed E-state index contributed by atoms with van der Waals surface area (Å²) < 4.78 is 8.95. The smallest absolute Gasteiger partial charge is 0.137 e. The lowest BCUT2D eigenvalue weighted by Crippen LogP contribution is -2.33. The minimum Gasteiger partial charge on any atom is -0.457 e. The number of para-hydroxylation sites is 2. The number of ether oxygens (including phenoxy) is 1. The van der Waals surface area contributed by atoms with Crippen LogP contribution in [0, 0.1) is 0 Å². The Morgan fingerprint density at radius 3 is 2.07 bits per heavy atom. The topological polar surface area (TPSA) is 51.1 Å². The van der Waals surface area contributed by atoms with Gasteiger partial charge in [-0.05, 0) is 96.9 Å².